The second-order valence-electron chi connectivity index (χ2n) is 2.12. The lowest BCUT2D eigenvalue weighted by atomic mass is 10.2. The normalized spacial score (nSPS) is 9.64. The van der Waals surface area contributed by atoms with E-state index in [1.54, 1.807) is 19.2 Å². The summed E-state index contributed by atoms with van der Waals surface area (Å²) in [5.41, 5.74) is 6.32. The molecule has 1 rings (SSSR count). The van der Waals surface area contributed by atoms with Gasteiger partial charge in [0.15, 0.2) is 0 Å². The third-order valence-corrected chi connectivity index (χ3v) is 2.33. The number of pyridine rings is 1. The van der Waals surface area contributed by atoms with Gasteiger partial charge in [-0.15, -0.1) is 0 Å². The zero-order valence-electron chi connectivity index (χ0n) is 5.97. The summed E-state index contributed by atoms with van der Waals surface area (Å²) in [5.74, 6) is -0.442. The van der Waals surface area contributed by atoms with Crippen molar-refractivity contribution in [2.24, 2.45) is 5.73 Å². The molecule has 1 aromatic heterocycles. The Balaban J connectivity index is 3.27. The van der Waals surface area contributed by atoms with E-state index in [4.69, 9.17) is 5.73 Å². The summed E-state index contributed by atoms with van der Waals surface area (Å²) >= 11 is 3.22. The SMILES string of the molecule is Cc1nccc(C(N)=O)c1Br. The lowest BCUT2D eigenvalue weighted by Crippen LogP contribution is -2.12. The summed E-state index contributed by atoms with van der Waals surface area (Å²) in [7, 11) is 0. The van der Waals surface area contributed by atoms with Crippen molar-refractivity contribution in [2.45, 2.75) is 6.92 Å². The van der Waals surface area contributed by atoms with Crippen LogP contribution in [0.5, 0.6) is 0 Å². The molecule has 0 aliphatic carbocycles. The first-order valence-electron chi connectivity index (χ1n) is 3.04. The molecule has 0 saturated heterocycles. The highest BCUT2D eigenvalue weighted by Gasteiger charge is 2.07. The van der Waals surface area contributed by atoms with Gasteiger partial charge in [-0.1, -0.05) is 0 Å². The minimum Gasteiger partial charge on any atom is -0.366 e. The predicted molar refractivity (Wildman–Crippen MR) is 45.2 cm³/mol. The van der Waals surface area contributed by atoms with E-state index in [2.05, 4.69) is 20.9 Å². The van der Waals surface area contributed by atoms with Crippen LogP contribution in [0.25, 0.3) is 0 Å². The molecule has 4 heteroatoms. The molecular weight excluding hydrogens is 208 g/mol. The average molecular weight is 215 g/mol. The van der Waals surface area contributed by atoms with Gasteiger partial charge in [0.1, 0.15) is 0 Å². The summed E-state index contributed by atoms with van der Waals surface area (Å²) in [4.78, 5) is 14.7. The molecule has 0 fully saturated rings. The Hall–Kier alpha value is -0.900. The summed E-state index contributed by atoms with van der Waals surface area (Å²) in [6, 6.07) is 1.58. The van der Waals surface area contributed by atoms with Crippen molar-refractivity contribution in [3.8, 4) is 0 Å². The van der Waals surface area contributed by atoms with Gasteiger partial charge in [0.2, 0.25) is 5.91 Å². The van der Waals surface area contributed by atoms with Crippen LogP contribution in [0.3, 0.4) is 0 Å². The molecule has 11 heavy (non-hydrogen) atoms. The third kappa shape index (κ3) is 1.57. The topological polar surface area (TPSA) is 56.0 Å². The monoisotopic (exact) mass is 214 g/mol. The highest BCUT2D eigenvalue weighted by Crippen LogP contribution is 2.17. The largest absolute Gasteiger partial charge is 0.366 e. The summed E-state index contributed by atoms with van der Waals surface area (Å²) in [6.07, 6.45) is 1.56. The lowest BCUT2D eigenvalue weighted by molar-refractivity contribution is 0.0999. The number of amides is 1. The van der Waals surface area contributed by atoms with E-state index in [0.717, 1.165) is 5.69 Å². The molecule has 0 atom stereocenters. The molecule has 1 aromatic rings. The Kier molecular flexibility index (Phi) is 2.24. The smallest absolute Gasteiger partial charge is 0.249 e. The minimum atomic E-state index is -0.442. The maximum Gasteiger partial charge on any atom is 0.249 e. The van der Waals surface area contributed by atoms with Gasteiger partial charge in [-0.05, 0) is 28.9 Å². The first-order valence-corrected chi connectivity index (χ1v) is 3.83. The van der Waals surface area contributed by atoms with E-state index in [-0.39, 0.29) is 0 Å². The van der Waals surface area contributed by atoms with E-state index < -0.39 is 5.91 Å². The second kappa shape index (κ2) is 3.00. The van der Waals surface area contributed by atoms with Crippen LogP contribution in [-0.2, 0) is 0 Å². The highest BCUT2D eigenvalue weighted by molar-refractivity contribution is 9.10. The molecule has 1 heterocycles. The van der Waals surface area contributed by atoms with Crippen LogP contribution < -0.4 is 5.73 Å². The Morgan fingerprint density at radius 1 is 1.73 bits per heavy atom. The number of aromatic nitrogens is 1. The molecule has 0 saturated carbocycles. The lowest BCUT2D eigenvalue weighted by Gasteiger charge is -2.00. The minimum absolute atomic E-state index is 0.442. The maximum absolute atomic E-state index is 10.7. The van der Waals surface area contributed by atoms with Crippen molar-refractivity contribution in [1.29, 1.82) is 0 Å². The van der Waals surface area contributed by atoms with Crippen molar-refractivity contribution in [1.82, 2.24) is 4.98 Å². The van der Waals surface area contributed by atoms with Gasteiger partial charge in [0, 0.05) is 6.20 Å². The molecular formula is C7H7BrN2O. The average Bonchev–Trinajstić information content (AvgIpc) is 1.94. The fraction of sp³-hybridized carbons (Fsp3) is 0.143. The number of carbonyl (C=O) groups excluding carboxylic acids is 1. The molecule has 0 radical (unpaired) electrons. The van der Waals surface area contributed by atoms with Crippen molar-refractivity contribution >= 4 is 21.8 Å². The Morgan fingerprint density at radius 2 is 2.36 bits per heavy atom. The standard InChI is InChI=1S/C7H7BrN2O/c1-4-6(8)5(7(9)11)2-3-10-4/h2-3H,1H3,(H2,9,11). The molecule has 0 spiro atoms. The number of carbonyl (C=O) groups is 1. The van der Waals surface area contributed by atoms with Gasteiger partial charge in [-0.2, -0.15) is 0 Å². The quantitative estimate of drug-likeness (QED) is 0.766. The van der Waals surface area contributed by atoms with Gasteiger partial charge in [-0.25, -0.2) is 0 Å². The van der Waals surface area contributed by atoms with E-state index in [9.17, 15) is 4.79 Å². The number of halogens is 1. The van der Waals surface area contributed by atoms with Crippen LogP contribution in [0.2, 0.25) is 0 Å². The summed E-state index contributed by atoms with van der Waals surface area (Å²) in [5, 5.41) is 0. The molecule has 2 N–H and O–H groups in total. The fourth-order valence-electron chi connectivity index (χ4n) is 0.739. The highest BCUT2D eigenvalue weighted by atomic mass is 79.9. The van der Waals surface area contributed by atoms with Crippen molar-refractivity contribution in [2.75, 3.05) is 0 Å². The number of nitrogens with zero attached hydrogens (tertiary/aromatic N) is 1. The van der Waals surface area contributed by atoms with E-state index in [1.807, 2.05) is 0 Å². The first kappa shape index (κ1) is 8.20. The molecule has 0 aliphatic heterocycles. The number of hydrogen-bond acceptors (Lipinski definition) is 2. The molecule has 0 aromatic carbocycles. The van der Waals surface area contributed by atoms with Crippen molar-refractivity contribution in [3.05, 3.63) is 28.0 Å². The van der Waals surface area contributed by atoms with Crippen LogP contribution in [0, 0.1) is 6.92 Å². The fourth-order valence-corrected chi connectivity index (χ4v) is 1.17. The predicted octanol–water partition coefficient (Wildman–Crippen LogP) is 1.25. The van der Waals surface area contributed by atoms with Gasteiger partial charge in [-0.3, -0.25) is 9.78 Å². The van der Waals surface area contributed by atoms with Gasteiger partial charge >= 0.3 is 0 Å². The summed E-state index contributed by atoms with van der Waals surface area (Å²) < 4.78 is 0.674. The van der Waals surface area contributed by atoms with Gasteiger partial charge < -0.3 is 5.73 Å². The van der Waals surface area contributed by atoms with E-state index >= 15 is 0 Å². The van der Waals surface area contributed by atoms with Gasteiger partial charge in [0.05, 0.1) is 15.7 Å². The Morgan fingerprint density at radius 3 is 2.82 bits per heavy atom. The third-order valence-electron chi connectivity index (χ3n) is 1.33. The van der Waals surface area contributed by atoms with Crippen LogP contribution in [0.1, 0.15) is 16.1 Å². The van der Waals surface area contributed by atoms with E-state index in [0.29, 0.717) is 10.0 Å². The number of hydrogen-bond donors (Lipinski definition) is 1. The van der Waals surface area contributed by atoms with Crippen molar-refractivity contribution < 1.29 is 4.79 Å². The van der Waals surface area contributed by atoms with Crippen LogP contribution in [-0.4, -0.2) is 10.9 Å². The Labute approximate surface area is 72.7 Å². The molecule has 58 valence electrons. The Bertz CT molecular complexity index is 298. The molecule has 0 aliphatic rings. The van der Waals surface area contributed by atoms with Crippen LogP contribution in [0.15, 0.2) is 16.7 Å². The van der Waals surface area contributed by atoms with E-state index in [1.165, 1.54) is 0 Å². The van der Waals surface area contributed by atoms with Crippen molar-refractivity contribution in [3.63, 3.8) is 0 Å². The zero-order valence-corrected chi connectivity index (χ0v) is 7.55. The maximum atomic E-state index is 10.7. The number of rotatable bonds is 1. The molecule has 0 bridgehead atoms. The second-order valence-corrected chi connectivity index (χ2v) is 2.92. The number of nitrogens with two attached hydrogens (primary N) is 1. The molecule has 0 unspecified atom stereocenters. The molecule has 3 nitrogen and oxygen atoms in total. The van der Waals surface area contributed by atoms with Gasteiger partial charge in [0.25, 0.3) is 0 Å². The number of primary amides is 1. The molecule has 1 amide bonds. The van der Waals surface area contributed by atoms with Crippen LogP contribution >= 0.6 is 15.9 Å². The summed E-state index contributed by atoms with van der Waals surface area (Å²) in [6.45, 7) is 1.80. The first-order chi connectivity index (χ1) is 5.13. The zero-order chi connectivity index (χ0) is 8.43. The van der Waals surface area contributed by atoms with Crippen LogP contribution in [0.4, 0.5) is 0 Å². The number of aryl methyl sites for hydroxylation is 1.